The van der Waals surface area contributed by atoms with Crippen molar-refractivity contribution in [2.75, 3.05) is 18.4 Å². The first-order valence-electron chi connectivity index (χ1n) is 6.77. The highest BCUT2D eigenvalue weighted by molar-refractivity contribution is 5.95. The van der Waals surface area contributed by atoms with E-state index in [1.165, 1.54) is 18.2 Å². The van der Waals surface area contributed by atoms with Crippen LogP contribution in [0.1, 0.15) is 12.8 Å². The van der Waals surface area contributed by atoms with E-state index in [4.69, 9.17) is 10.5 Å². The van der Waals surface area contributed by atoms with Crippen molar-refractivity contribution in [3.63, 3.8) is 0 Å². The van der Waals surface area contributed by atoms with Gasteiger partial charge in [-0.15, -0.1) is 12.4 Å². The van der Waals surface area contributed by atoms with E-state index in [2.05, 4.69) is 10.6 Å². The molecule has 1 aromatic carbocycles. The van der Waals surface area contributed by atoms with E-state index < -0.39 is 17.8 Å². The molecule has 2 rings (SSSR count). The van der Waals surface area contributed by atoms with Crippen LogP contribution in [0.3, 0.4) is 0 Å². The molecule has 1 aliphatic heterocycles. The van der Waals surface area contributed by atoms with Crippen LogP contribution in [0.2, 0.25) is 0 Å². The number of ether oxygens (including phenoxy) is 1. The van der Waals surface area contributed by atoms with E-state index in [1.54, 1.807) is 6.07 Å². The van der Waals surface area contributed by atoms with Gasteiger partial charge in [-0.05, 0) is 31.0 Å². The zero-order valence-electron chi connectivity index (χ0n) is 11.9. The van der Waals surface area contributed by atoms with Gasteiger partial charge in [0.15, 0.2) is 0 Å². The number of benzene rings is 1. The van der Waals surface area contributed by atoms with Crippen molar-refractivity contribution < 1.29 is 18.7 Å². The summed E-state index contributed by atoms with van der Waals surface area (Å²) in [6.45, 7) is 0.187. The average molecular weight is 332 g/mol. The number of nitrogens with one attached hydrogen (secondary N) is 2. The van der Waals surface area contributed by atoms with Crippen LogP contribution in [0, 0.1) is 5.82 Å². The maximum atomic E-state index is 13.0. The van der Waals surface area contributed by atoms with Crippen LogP contribution in [0.25, 0.3) is 0 Å². The normalized spacial score (nSPS) is 20.1. The molecule has 22 heavy (non-hydrogen) atoms. The number of hydrogen-bond donors (Lipinski definition) is 3. The fourth-order valence-corrected chi connectivity index (χ4v) is 2.12. The Kier molecular flexibility index (Phi) is 7.23. The summed E-state index contributed by atoms with van der Waals surface area (Å²) in [6, 6.07) is 5.53. The van der Waals surface area contributed by atoms with E-state index in [0.29, 0.717) is 18.7 Å². The van der Waals surface area contributed by atoms with E-state index in [-0.39, 0.29) is 31.0 Å². The zero-order valence-corrected chi connectivity index (χ0v) is 12.7. The second kappa shape index (κ2) is 8.67. The quantitative estimate of drug-likeness (QED) is 0.744. The molecule has 0 aromatic heterocycles. The Hall–Kier alpha value is -1.70. The van der Waals surface area contributed by atoms with E-state index in [0.717, 1.165) is 6.42 Å². The molecule has 6 nitrogen and oxygen atoms in total. The Balaban J connectivity index is 0.00000242. The second-order valence-electron chi connectivity index (χ2n) is 4.84. The van der Waals surface area contributed by atoms with Gasteiger partial charge in [0.1, 0.15) is 11.9 Å². The lowest BCUT2D eigenvalue weighted by Crippen LogP contribution is -2.39. The lowest BCUT2D eigenvalue weighted by atomic mass is 10.2. The molecule has 1 fully saturated rings. The molecule has 8 heteroatoms. The third-order valence-corrected chi connectivity index (χ3v) is 3.19. The van der Waals surface area contributed by atoms with Crippen molar-refractivity contribution in [3.8, 4) is 0 Å². The van der Waals surface area contributed by atoms with Crippen LogP contribution in [-0.4, -0.2) is 37.1 Å². The molecule has 122 valence electrons. The smallest absolute Gasteiger partial charge is 0.249 e. The minimum absolute atomic E-state index is 0. The van der Waals surface area contributed by atoms with Gasteiger partial charge in [-0.3, -0.25) is 9.59 Å². The molecule has 0 aliphatic carbocycles. The number of hydrogen-bond acceptors (Lipinski definition) is 4. The van der Waals surface area contributed by atoms with Crippen molar-refractivity contribution in [3.05, 3.63) is 30.1 Å². The summed E-state index contributed by atoms with van der Waals surface area (Å²) in [4.78, 5) is 23.5. The number of amides is 2. The highest BCUT2D eigenvalue weighted by Crippen LogP contribution is 2.18. The van der Waals surface area contributed by atoms with Gasteiger partial charge in [-0.1, -0.05) is 6.07 Å². The van der Waals surface area contributed by atoms with Gasteiger partial charge in [0, 0.05) is 12.2 Å². The Morgan fingerprint density at radius 1 is 1.36 bits per heavy atom. The van der Waals surface area contributed by atoms with Crippen molar-refractivity contribution in [2.45, 2.75) is 25.0 Å². The summed E-state index contributed by atoms with van der Waals surface area (Å²) in [5, 5.41) is 4.99. The standard InChI is InChI=1S/C14H18FN3O3.ClH/c15-9-2-1-3-10(6-9)18-13(19)8-17-14(20)12-5-4-11(7-16)21-12;/h1-3,6,11-12H,4-5,7-8,16H2,(H,17,20)(H,18,19);1H/t11-,12+;/m1./s1. The van der Waals surface area contributed by atoms with Crippen molar-refractivity contribution in [1.29, 1.82) is 0 Å². The van der Waals surface area contributed by atoms with E-state index in [9.17, 15) is 14.0 Å². The minimum atomic E-state index is -0.555. The molecule has 1 heterocycles. The third-order valence-electron chi connectivity index (χ3n) is 3.19. The summed E-state index contributed by atoms with van der Waals surface area (Å²) >= 11 is 0. The fourth-order valence-electron chi connectivity index (χ4n) is 2.12. The molecule has 0 unspecified atom stereocenters. The lowest BCUT2D eigenvalue weighted by molar-refractivity contribution is -0.133. The van der Waals surface area contributed by atoms with Crippen LogP contribution in [-0.2, 0) is 14.3 Å². The fraction of sp³-hybridized carbons (Fsp3) is 0.429. The molecule has 2 amide bonds. The van der Waals surface area contributed by atoms with Crippen LogP contribution in [0.5, 0.6) is 0 Å². The maximum Gasteiger partial charge on any atom is 0.249 e. The van der Waals surface area contributed by atoms with Gasteiger partial charge in [0.05, 0.1) is 12.6 Å². The number of carbonyl (C=O) groups excluding carboxylic acids is 2. The first-order chi connectivity index (χ1) is 10.1. The lowest BCUT2D eigenvalue weighted by Gasteiger charge is -2.12. The maximum absolute atomic E-state index is 13.0. The molecule has 0 saturated carbocycles. The van der Waals surface area contributed by atoms with Gasteiger partial charge >= 0.3 is 0 Å². The topological polar surface area (TPSA) is 93.5 Å². The number of carbonyl (C=O) groups is 2. The second-order valence-corrected chi connectivity index (χ2v) is 4.84. The van der Waals surface area contributed by atoms with Gasteiger partial charge in [-0.2, -0.15) is 0 Å². The van der Waals surface area contributed by atoms with Gasteiger partial charge in [0.2, 0.25) is 11.8 Å². The molecule has 4 N–H and O–H groups in total. The summed E-state index contributed by atoms with van der Waals surface area (Å²) in [6.07, 6.45) is 0.686. The number of rotatable bonds is 5. The van der Waals surface area contributed by atoms with Crippen LogP contribution in [0.4, 0.5) is 10.1 Å². The molecular formula is C14H19ClFN3O3. The Morgan fingerprint density at radius 3 is 2.77 bits per heavy atom. The number of halogens is 2. The molecule has 2 atom stereocenters. The third kappa shape index (κ3) is 5.25. The Morgan fingerprint density at radius 2 is 2.14 bits per heavy atom. The van der Waals surface area contributed by atoms with Gasteiger partial charge in [0.25, 0.3) is 0 Å². The zero-order chi connectivity index (χ0) is 15.2. The molecule has 0 radical (unpaired) electrons. The Bertz CT molecular complexity index is 530. The van der Waals surface area contributed by atoms with E-state index in [1.807, 2.05) is 0 Å². The molecule has 1 saturated heterocycles. The highest BCUT2D eigenvalue weighted by atomic mass is 35.5. The van der Waals surface area contributed by atoms with Crippen molar-refractivity contribution >= 4 is 29.9 Å². The summed E-state index contributed by atoms with van der Waals surface area (Å²) in [5.41, 5.74) is 5.81. The molecule has 1 aromatic rings. The largest absolute Gasteiger partial charge is 0.364 e. The Labute approximate surface area is 134 Å². The molecular weight excluding hydrogens is 313 g/mol. The van der Waals surface area contributed by atoms with Crippen molar-refractivity contribution in [1.82, 2.24) is 5.32 Å². The molecule has 0 bridgehead atoms. The monoisotopic (exact) mass is 331 g/mol. The van der Waals surface area contributed by atoms with Crippen LogP contribution >= 0.6 is 12.4 Å². The number of nitrogens with two attached hydrogens (primary N) is 1. The summed E-state index contributed by atoms with van der Waals surface area (Å²) < 4.78 is 18.4. The summed E-state index contributed by atoms with van der Waals surface area (Å²) in [7, 11) is 0. The van der Waals surface area contributed by atoms with Crippen LogP contribution < -0.4 is 16.4 Å². The predicted octanol–water partition coefficient (Wildman–Crippen LogP) is 0.808. The van der Waals surface area contributed by atoms with E-state index >= 15 is 0 Å². The molecule has 0 spiro atoms. The van der Waals surface area contributed by atoms with Gasteiger partial charge in [-0.25, -0.2) is 4.39 Å². The summed E-state index contributed by atoms with van der Waals surface area (Å²) in [5.74, 6) is -1.20. The molecule has 1 aliphatic rings. The SMILES string of the molecule is Cl.NC[C@H]1CC[C@@H](C(=O)NCC(=O)Nc2cccc(F)c2)O1. The minimum Gasteiger partial charge on any atom is -0.364 e. The number of anilines is 1. The van der Waals surface area contributed by atoms with Gasteiger partial charge < -0.3 is 21.1 Å². The predicted molar refractivity (Wildman–Crippen MR) is 82.2 cm³/mol. The first-order valence-corrected chi connectivity index (χ1v) is 6.77. The van der Waals surface area contributed by atoms with Crippen molar-refractivity contribution in [2.24, 2.45) is 5.73 Å². The average Bonchev–Trinajstić information content (AvgIpc) is 2.94. The highest BCUT2D eigenvalue weighted by Gasteiger charge is 2.29. The first kappa shape index (κ1) is 18.3. The van der Waals surface area contributed by atoms with Crippen LogP contribution in [0.15, 0.2) is 24.3 Å².